The van der Waals surface area contributed by atoms with Gasteiger partial charge in [0, 0.05) is 11.9 Å². The van der Waals surface area contributed by atoms with Crippen LogP contribution in [-0.2, 0) is 14.3 Å². The van der Waals surface area contributed by atoms with E-state index in [1.54, 1.807) is 0 Å². The Labute approximate surface area is 160 Å². The summed E-state index contributed by atoms with van der Waals surface area (Å²) in [7, 11) is 0. The Bertz CT molecular complexity index is 768. The molecule has 2 rings (SSSR count). The second kappa shape index (κ2) is 9.92. The van der Waals surface area contributed by atoms with Crippen molar-refractivity contribution < 1.29 is 19.1 Å². The molecule has 0 saturated carbocycles. The van der Waals surface area contributed by atoms with E-state index in [4.69, 9.17) is 9.47 Å². The van der Waals surface area contributed by atoms with Gasteiger partial charge in [-0.05, 0) is 31.7 Å². The molecule has 0 aromatic heterocycles. The first kappa shape index (κ1) is 20.7. The minimum absolute atomic E-state index is 0.213. The number of amides is 2. The number of urea groups is 1. The normalized spacial score (nSPS) is 11.2. The highest BCUT2D eigenvalue weighted by Crippen LogP contribution is 2.23. The summed E-state index contributed by atoms with van der Waals surface area (Å²) in [6.07, 6.45) is 0.725. The highest BCUT2D eigenvalue weighted by molar-refractivity contribution is 6.01. The number of benzene rings is 2. The number of esters is 1. The molecule has 146 valence electrons. The summed E-state index contributed by atoms with van der Waals surface area (Å²) >= 11 is 0. The first-order valence-electron chi connectivity index (χ1n) is 9.21. The third-order valence-electron chi connectivity index (χ3n) is 4.47. The van der Waals surface area contributed by atoms with Crippen LogP contribution >= 0.6 is 0 Å². The standard InChI is InChI=1S/C21H28N2O4/c1-4-21(2,3)19(24)27-15-14-26-13-12-22-20(25)23-18-11-7-9-16-8-5-6-10-17(16)18/h5-11H,4,12-15H2,1-3H3,(H2,22,23,25). The lowest BCUT2D eigenvalue weighted by Crippen LogP contribution is -2.32. The van der Waals surface area contributed by atoms with Crippen molar-refractivity contribution in [3.8, 4) is 0 Å². The lowest BCUT2D eigenvalue weighted by Gasteiger charge is -2.20. The summed E-state index contributed by atoms with van der Waals surface area (Å²) in [5, 5.41) is 7.65. The van der Waals surface area contributed by atoms with Crippen molar-refractivity contribution in [1.82, 2.24) is 5.32 Å². The van der Waals surface area contributed by atoms with Crippen LogP contribution in [0.5, 0.6) is 0 Å². The average molecular weight is 372 g/mol. The molecule has 2 aromatic rings. The summed E-state index contributed by atoms with van der Waals surface area (Å²) in [5.74, 6) is -0.221. The van der Waals surface area contributed by atoms with Gasteiger partial charge in [0.1, 0.15) is 6.61 Å². The Morgan fingerprint density at radius 2 is 1.74 bits per heavy atom. The van der Waals surface area contributed by atoms with Gasteiger partial charge in [0.15, 0.2) is 0 Å². The lowest BCUT2D eigenvalue weighted by molar-refractivity contribution is -0.155. The third-order valence-corrected chi connectivity index (χ3v) is 4.47. The van der Waals surface area contributed by atoms with Gasteiger partial charge < -0.3 is 20.1 Å². The molecule has 0 radical (unpaired) electrons. The van der Waals surface area contributed by atoms with Crippen LogP contribution in [0.15, 0.2) is 42.5 Å². The zero-order chi connectivity index (χ0) is 19.7. The Hall–Kier alpha value is -2.60. The molecule has 6 heteroatoms. The van der Waals surface area contributed by atoms with Gasteiger partial charge >= 0.3 is 12.0 Å². The maximum absolute atomic E-state index is 12.0. The van der Waals surface area contributed by atoms with E-state index < -0.39 is 5.41 Å². The molecular weight excluding hydrogens is 344 g/mol. The number of carbonyl (C=O) groups excluding carboxylic acids is 2. The highest BCUT2D eigenvalue weighted by Gasteiger charge is 2.26. The van der Waals surface area contributed by atoms with Crippen LogP contribution in [0.4, 0.5) is 10.5 Å². The molecule has 0 atom stereocenters. The largest absolute Gasteiger partial charge is 0.463 e. The molecule has 0 spiro atoms. The molecule has 0 unspecified atom stereocenters. The maximum Gasteiger partial charge on any atom is 0.319 e. The van der Waals surface area contributed by atoms with Crippen molar-refractivity contribution in [2.45, 2.75) is 27.2 Å². The fraction of sp³-hybridized carbons (Fsp3) is 0.429. The first-order chi connectivity index (χ1) is 12.9. The molecule has 2 amide bonds. The minimum atomic E-state index is -0.471. The predicted molar refractivity (Wildman–Crippen MR) is 107 cm³/mol. The molecule has 0 aliphatic heterocycles. The van der Waals surface area contributed by atoms with Crippen LogP contribution in [0.3, 0.4) is 0 Å². The second-order valence-corrected chi connectivity index (χ2v) is 6.89. The summed E-state index contributed by atoms with van der Waals surface area (Å²) < 4.78 is 10.6. The van der Waals surface area contributed by atoms with Crippen LogP contribution in [0.25, 0.3) is 10.8 Å². The zero-order valence-corrected chi connectivity index (χ0v) is 16.2. The summed E-state index contributed by atoms with van der Waals surface area (Å²) in [6, 6.07) is 13.4. The summed E-state index contributed by atoms with van der Waals surface area (Å²) in [5.41, 5.74) is 0.290. The molecule has 0 aliphatic rings. The van der Waals surface area contributed by atoms with Gasteiger partial charge in [-0.1, -0.05) is 43.3 Å². The molecule has 0 saturated heterocycles. The fourth-order valence-corrected chi connectivity index (χ4v) is 2.37. The van der Waals surface area contributed by atoms with E-state index >= 15 is 0 Å². The molecule has 2 aromatic carbocycles. The predicted octanol–water partition coefficient (Wildman–Crippen LogP) is 3.96. The molecule has 0 aliphatic carbocycles. The van der Waals surface area contributed by atoms with Crippen LogP contribution in [-0.4, -0.2) is 38.4 Å². The monoisotopic (exact) mass is 372 g/mol. The van der Waals surface area contributed by atoms with E-state index in [-0.39, 0.29) is 18.6 Å². The van der Waals surface area contributed by atoms with Gasteiger partial charge in [0.25, 0.3) is 0 Å². The molecule has 27 heavy (non-hydrogen) atoms. The van der Waals surface area contributed by atoms with Gasteiger partial charge in [-0.2, -0.15) is 0 Å². The number of nitrogens with one attached hydrogen (secondary N) is 2. The lowest BCUT2D eigenvalue weighted by atomic mass is 9.91. The average Bonchev–Trinajstić information content (AvgIpc) is 2.67. The van der Waals surface area contributed by atoms with E-state index in [1.807, 2.05) is 63.2 Å². The van der Waals surface area contributed by atoms with Gasteiger partial charge in [0.05, 0.1) is 24.3 Å². The van der Waals surface area contributed by atoms with E-state index in [0.29, 0.717) is 19.8 Å². The Kier molecular flexibility index (Phi) is 7.61. The minimum Gasteiger partial charge on any atom is -0.463 e. The van der Waals surface area contributed by atoms with Crippen molar-refractivity contribution in [1.29, 1.82) is 0 Å². The maximum atomic E-state index is 12.0. The van der Waals surface area contributed by atoms with Crippen molar-refractivity contribution in [2.24, 2.45) is 5.41 Å². The topological polar surface area (TPSA) is 76.7 Å². The van der Waals surface area contributed by atoms with Crippen molar-refractivity contribution >= 4 is 28.5 Å². The van der Waals surface area contributed by atoms with Gasteiger partial charge in [0.2, 0.25) is 0 Å². The molecule has 6 nitrogen and oxygen atoms in total. The molecule has 0 heterocycles. The van der Waals surface area contributed by atoms with E-state index in [1.165, 1.54) is 0 Å². The van der Waals surface area contributed by atoms with Crippen LogP contribution < -0.4 is 10.6 Å². The number of ether oxygens (including phenoxy) is 2. The van der Waals surface area contributed by atoms with Gasteiger partial charge in [-0.3, -0.25) is 4.79 Å². The fourth-order valence-electron chi connectivity index (χ4n) is 2.37. The summed E-state index contributed by atoms with van der Waals surface area (Å²) in [6.45, 7) is 6.89. The van der Waals surface area contributed by atoms with E-state index in [9.17, 15) is 9.59 Å². The number of carbonyl (C=O) groups is 2. The number of hydrogen-bond donors (Lipinski definition) is 2. The molecule has 2 N–H and O–H groups in total. The van der Waals surface area contributed by atoms with Gasteiger partial charge in [-0.15, -0.1) is 0 Å². The quantitative estimate of drug-likeness (QED) is 0.516. The highest BCUT2D eigenvalue weighted by atomic mass is 16.6. The Morgan fingerprint density at radius 3 is 2.52 bits per heavy atom. The molecular formula is C21H28N2O4. The molecule has 0 bridgehead atoms. The SMILES string of the molecule is CCC(C)(C)C(=O)OCCOCCNC(=O)Nc1cccc2ccccc12. The van der Waals surface area contributed by atoms with Crippen molar-refractivity contribution in [3.63, 3.8) is 0 Å². The smallest absolute Gasteiger partial charge is 0.319 e. The second-order valence-electron chi connectivity index (χ2n) is 6.89. The number of hydrogen-bond acceptors (Lipinski definition) is 4. The van der Waals surface area contributed by atoms with E-state index in [0.717, 1.165) is 22.9 Å². The number of fused-ring (bicyclic) bond motifs is 1. The number of rotatable bonds is 9. The Morgan fingerprint density at radius 1 is 1.00 bits per heavy atom. The van der Waals surface area contributed by atoms with Crippen molar-refractivity contribution in [3.05, 3.63) is 42.5 Å². The van der Waals surface area contributed by atoms with Crippen molar-refractivity contribution in [2.75, 3.05) is 31.7 Å². The third kappa shape index (κ3) is 6.25. The first-order valence-corrected chi connectivity index (χ1v) is 9.21. The van der Waals surface area contributed by atoms with Crippen LogP contribution in [0, 0.1) is 5.41 Å². The Balaban J connectivity index is 1.63. The number of anilines is 1. The summed E-state index contributed by atoms with van der Waals surface area (Å²) in [4.78, 5) is 23.8. The molecule has 0 fully saturated rings. The van der Waals surface area contributed by atoms with E-state index in [2.05, 4.69) is 10.6 Å². The van der Waals surface area contributed by atoms with Gasteiger partial charge in [-0.25, -0.2) is 4.79 Å². The zero-order valence-electron chi connectivity index (χ0n) is 16.2. The van der Waals surface area contributed by atoms with Crippen LogP contribution in [0.1, 0.15) is 27.2 Å². The van der Waals surface area contributed by atoms with Crippen LogP contribution in [0.2, 0.25) is 0 Å².